The largest absolute Gasteiger partial charge is 0.365 e. The van der Waals surface area contributed by atoms with Gasteiger partial charge in [0.25, 0.3) is 0 Å². The predicted octanol–water partition coefficient (Wildman–Crippen LogP) is 7.30. The van der Waals surface area contributed by atoms with E-state index < -0.39 is 0 Å². The van der Waals surface area contributed by atoms with Crippen molar-refractivity contribution in [3.05, 3.63) is 117 Å². The molecule has 2 unspecified atom stereocenters. The van der Waals surface area contributed by atoms with Crippen molar-refractivity contribution < 1.29 is 9.47 Å². The molecule has 2 aliphatic heterocycles. The zero-order valence-corrected chi connectivity index (χ0v) is 17.7. The first-order valence-electron chi connectivity index (χ1n) is 9.94. The minimum atomic E-state index is -0.0658. The average molecular weight is 435 g/mol. The quantitative estimate of drug-likeness (QED) is 0.428. The first-order valence-corrected chi connectivity index (χ1v) is 10.7. The van der Waals surface area contributed by atoms with Gasteiger partial charge in [-0.3, -0.25) is 0 Å². The third-order valence-corrected chi connectivity index (χ3v) is 6.10. The zero-order chi connectivity index (χ0) is 20.5. The van der Waals surface area contributed by atoms with Crippen molar-refractivity contribution in [3.63, 3.8) is 0 Å². The van der Waals surface area contributed by atoms with Crippen LogP contribution in [0.25, 0.3) is 11.1 Å². The van der Waals surface area contributed by atoms with Crippen LogP contribution in [0.2, 0.25) is 10.0 Å². The molecule has 150 valence electrons. The Labute approximate surface area is 186 Å². The van der Waals surface area contributed by atoms with E-state index >= 15 is 0 Å². The maximum absolute atomic E-state index is 6.04. The van der Waals surface area contributed by atoms with Crippen LogP contribution < -0.4 is 0 Å². The van der Waals surface area contributed by atoms with Gasteiger partial charge >= 0.3 is 0 Å². The summed E-state index contributed by atoms with van der Waals surface area (Å²) in [6.07, 6.45) is 4.18. The molecule has 5 rings (SSSR count). The van der Waals surface area contributed by atoms with Crippen molar-refractivity contribution in [2.24, 2.45) is 0 Å². The topological polar surface area (TPSA) is 18.5 Å². The zero-order valence-electron chi connectivity index (χ0n) is 16.2. The van der Waals surface area contributed by atoms with Crippen LogP contribution in [0.1, 0.15) is 34.5 Å². The highest BCUT2D eigenvalue weighted by molar-refractivity contribution is 6.30. The second-order valence-corrected chi connectivity index (χ2v) is 8.30. The fraction of sp³-hybridized carbons (Fsp3) is 0.154. The van der Waals surface area contributed by atoms with Crippen LogP contribution in [-0.2, 0) is 9.47 Å². The minimum Gasteiger partial charge on any atom is -0.365 e. The molecule has 0 bridgehead atoms. The van der Waals surface area contributed by atoms with E-state index in [-0.39, 0.29) is 12.2 Å². The molecule has 2 heterocycles. The van der Waals surface area contributed by atoms with Crippen molar-refractivity contribution in [2.75, 3.05) is 13.2 Å². The van der Waals surface area contributed by atoms with Crippen molar-refractivity contribution in [1.29, 1.82) is 0 Å². The predicted molar refractivity (Wildman–Crippen MR) is 123 cm³/mol. The van der Waals surface area contributed by atoms with Gasteiger partial charge in [0, 0.05) is 10.0 Å². The number of halogens is 2. The molecule has 2 atom stereocenters. The van der Waals surface area contributed by atoms with Gasteiger partial charge in [0.05, 0.1) is 13.2 Å². The molecule has 0 N–H and O–H groups in total. The molecule has 2 aliphatic rings. The van der Waals surface area contributed by atoms with E-state index in [1.165, 1.54) is 22.3 Å². The highest BCUT2D eigenvalue weighted by Crippen LogP contribution is 2.40. The summed E-state index contributed by atoms with van der Waals surface area (Å²) in [6, 6.07) is 24.4. The maximum Gasteiger partial charge on any atom is 0.108 e. The lowest BCUT2D eigenvalue weighted by atomic mass is 9.92. The SMILES string of the molecule is Clc1ccc(C2OCC=C2c2ccc(C3=CCOC3c3ccc(Cl)cc3)cc2)cc1. The van der Waals surface area contributed by atoms with Crippen LogP contribution >= 0.6 is 23.2 Å². The van der Waals surface area contributed by atoms with Crippen LogP contribution in [0.4, 0.5) is 0 Å². The monoisotopic (exact) mass is 434 g/mol. The van der Waals surface area contributed by atoms with Crippen LogP contribution in [0.15, 0.2) is 84.9 Å². The lowest BCUT2D eigenvalue weighted by Crippen LogP contribution is -2.02. The summed E-state index contributed by atoms with van der Waals surface area (Å²) < 4.78 is 12.0. The summed E-state index contributed by atoms with van der Waals surface area (Å²) in [4.78, 5) is 0. The van der Waals surface area contributed by atoms with Crippen LogP contribution in [0, 0.1) is 0 Å². The third-order valence-electron chi connectivity index (χ3n) is 5.59. The van der Waals surface area contributed by atoms with Gasteiger partial charge in [-0.25, -0.2) is 0 Å². The van der Waals surface area contributed by atoms with Crippen LogP contribution in [0.3, 0.4) is 0 Å². The van der Waals surface area contributed by atoms with E-state index in [0.717, 1.165) is 21.2 Å². The minimum absolute atomic E-state index is 0.0658. The van der Waals surface area contributed by atoms with Crippen LogP contribution in [0.5, 0.6) is 0 Å². The van der Waals surface area contributed by atoms with Gasteiger partial charge in [-0.2, -0.15) is 0 Å². The van der Waals surface area contributed by atoms with Gasteiger partial charge in [-0.05, 0) is 57.7 Å². The molecule has 0 aromatic heterocycles. The fourth-order valence-corrected chi connectivity index (χ4v) is 4.33. The number of hydrogen-bond donors (Lipinski definition) is 0. The molecule has 0 saturated heterocycles. The smallest absolute Gasteiger partial charge is 0.108 e. The number of ether oxygens (including phenoxy) is 2. The van der Waals surface area contributed by atoms with Crippen molar-refractivity contribution in [1.82, 2.24) is 0 Å². The molecular formula is C26H20Cl2O2. The normalized spacial score (nSPS) is 20.9. The molecule has 0 aliphatic carbocycles. The molecular weight excluding hydrogens is 415 g/mol. The first kappa shape index (κ1) is 19.6. The Morgan fingerprint density at radius 3 is 1.27 bits per heavy atom. The van der Waals surface area contributed by atoms with E-state index in [1.54, 1.807) is 0 Å². The van der Waals surface area contributed by atoms with Gasteiger partial charge < -0.3 is 9.47 Å². The molecule has 4 heteroatoms. The average Bonchev–Trinajstić information content (AvgIpc) is 3.45. The Morgan fingerprint density at radius 2 is 0.900 bits per heavy atom. The standard InChI is InChI=1S/C26H20Cl2O2/c27-21-9-5-19(6-10-21)25-23(13-15-29-25)17-1-2-18(4-3-17)24-14-16-30-26(24)20-7-11-22(28)12-8-20/h1-14,25-26H,15-16H2. The Hall–Kier alpha value is -2.36. The number of hydrogen-bond acceptors (Lipinski definition) is 2. The van der Waals surface area contributed by atoms with Gasteiger partial charge in [0.2, 0.25) is 0 Å². The lowest BCUT2D eigenvalue weighted by molar-refractivity contribution is 0.134. The molecule has 0 saturated carbocycles. The molecule has 30 heavy (non-hydrogen) atoms. The number of rotatable bonds is 4. The molecule has 3 aromatic rings. The molecule has 0 amide bonds. The molecule has 3 aromatic carbocycles. The lowest BCUT2D eigenvalue weighted by Gasteiger charge is -2.18. The molecule has 0 spiro atoms. The van der Waals surface area contributed by atoms with Crippen molar-refractivity contribution in [3.8, 4) is 0 Å². The van der Waals surface area contributed by atoms with Gasteiger partial charge in [0.15, 0.2) is 0 Å². The van der Waals surface area contributed by atoms with Crippen molar-refractivity contribution >= 4 is 34.3 Å². The number of benzene rings is 3. The second-order valence-electron chi connectivity index (χ2n) is 7.43. The summed E-state index contributed by atoms with van der Waals surface area (Å²) in [7, 11) is 0. The molecule has 0 fully saturated rings. The second kappa shape index (κ2) is 8.41. The van der Waals surface area contributed by atoms with E-state index in [1.807, 2.05) is 48.5 Å². The van der Waals surface area contributed by atoms with E-state index in [9.17, 15) is 0 Å². The highest BCUT2D eigenvalue weighted by Gasteiger charge is 2.25. The summed E-state index contributed by atoms with van der Waals surface area (Å²) in [6.45, 7) is 1.23. The Kier molecular flexibility index (Phi) is 5.49. The Balaban J connectivity index is 1.39. The fourth-order valence-electron chi connectivity index (χ4n) is 4.08. The summed E-state index contributed by atoms with van der Waals surface area (Å²) in [5.41, 5.74) is 6.94. The highest BCUT2D eigenvalue weighted by atomic mass is 35.5. The molecule has 2 nitrogen and oxygen atoms in total. The first-order chi connectivity index (χ1) is 14.7. The van der Waals surface area contributed by atoms with E-state index in [2.05, 4.69) is 36.4 Å². The van der Waals surface area contributed by atoms with Crippen LogP contribution in [-0.4, -0.2) is 13.2 Å². The van der Waals surface area contributed by atoms with Gasteiger partial charge in [0.1, 0.15) is 12.2 Å². The van der Waals surface area contributed by atoms with E-state index in [0.29, 0.717) is 13.2 Å². The van der Waals surface area contributed by atoms with Gasteiger partial charge in [-0.15, -0.1) is 0 Å². The summed E-state index contributed by atoms with van der Waals surface area (Å²) in [5, 5.41) is 1.46. The van der Waals surface area contributed by atoms with Crippen molar-refractivity contribution in [2.45, 2.75) is 12.2 Å². The Bertz CT molecular complexity index is 1010. The summed E-state index contributed by atoms with van der Waals surface area (Å²) >= 11 is 12.1. The third kappa shape index (κ3) is 3.84. The van der Waals surface area contributed by atoms with Gasteiger partial charge in [-0.1, -0.05) is 83.9 Å². The summed E-state index contributed by atoms with van der Waals surface area (Å²) in [5.74, 6) is 0. The van der Waals surface area contributed by atoms with E-state index in [4.69, 9.17) is 32.7 Å². The maximum atomic E-state index is 6.04. The molecule has 0 radical (unpaired) electrons. The Morgan fingerprint density at radius 1 is 0.533 bits per heavy atom.